The van der Waals surface area contributed by atoms with Crippen LogP contribution < -0.4 is 5.32 Å². The van der Waals surface area contributed by atoms with E-state index in [4.69, 9.17) is 0 Å². The lowest BCUT2D eigenvalue weighted by Gasteiger charge is -2.50. The molecule has 0 aromatic heterocycles. The summed E-state index contributed by atoms with van der Waals surface area (Å²) in [5.74, 6) is 1.02. The molecule has 3 aliphatic rings. The van der Waals surface area contributed by atoms with E-state index in [0.717, 1.165) is 18.0 Å². The molecule has 3 fully saturated rings. The van der Waals surface area contributed by atoms with Crippen molar-refractivity contribution in [1.82, 2.24) is 10.2 Å². The topological polar surface area (TPSA) is 15.3 Å². The first-order chi connectivity index (χ1) is 9.76. The highest BCUT2D eigenvalue weighted by Crippen LogP contribution is 2.37. The van der Waals surface area contributed by atoms with Gasteiger partial charge in [0, 0.05) is 30.7 Å². The Hall–Kier alpha value is -0.0800. The third-order valence-corrected chi connectivity index (χ3v) is 6.56. The Morgan fingerprint density at radius 3 is 2.30 bits per heavy atom. The van der Waals surface area contributed by atoms with Crippen molar-refractivity contribution in [2.45, 2.75) is 95.7 Å². The molecule has 2 nitrogen and oxygen atoms in total. The maximum atomic E-state index is 3.94. The standard InChI is InChI=1S/C18H34N2/c1-3-15-7-9-17(10-8-15)20-14-18(11-5-6-12-18)19-13-16(20)4-2/h15-17,19H,3-14H2,1-2H3. The Morgan fingerprint density at radius 1 is 1.00 bits per heavy atom. The van der Waals surface area contributed by atoms with Gasteiger partial charge in [0.05, 0.1) is 0 Å². The van der Waals surface area contributed by atoms with Crippen LogP contribution in [0.5, 0.6) is 0 Å². The van der Waals surface area contributed by atoms with Crippen LogP contribution in [0.25, 0.3) is 0 Å². The van der Waals surface area contributed by atoms with Crippen molar-refractivity contribution < 1.29 is 0 Å². The summed E-state index contributed by atoms with van der Waals surface area (Å²) < 4.78 is 0. The highest BCUT2D eigenvalue weighted by molar-refractivity contribution is 5.02. The van der Waals surface area contributed by atoms with E-state index in [9.17, 15) is 0 Å². The van der Waals surface area contributed by atoms with Crippen LogP contribution in [0, 0.1) is 5.92 Å². The van der Waals surface area contributed by atoms with Gasteiger partial charge in [-0.25, -0.2) is 0 Å². The second kappa shape index (κ2) is 6.36. The smallest absolute Gasteiger partial charge is 0.0309 e. The first kappa shape index (κ1) is 14.8. The average molecular weight is 278 g/mol. The molecule has 1 saturated heterocycles. The fourth-order valence-electron chi connectivity index (χ4n) is 5.06. The van der Waals surface area contributed by atoms with Gasteiger partial charge in [-0.15, -0.1) is 0 Å². The zero-order valence-electron chi connectivity index (χ0n) is 13.7. The number of rotatable bonds is 3. The molecule has 2 aliphatic carbocycles. The van der Waals surface area contributed by atoms with Crippen molar-refractivity contribution in [3.8, 4) is 0 Å². The van der Waals surface area contributed by atoms with Crippen molar-refractivity contribution >= 4 is 0 Å². The lowest BCUT2D eigenvalue weighted by molar-refractivity contribution is 0.0203. The molecule has 0 aromatic carbocycles. The van der Waals surface area contributed by atoms with Crippen LogP contribution in [0.3, 0.4) is 0 Å². The summed E-state index contributed by atoms with van der Waals surface area (Å²) in [6.45, 7) is 7.33. The minimum atomic E-state index is 0.493. The number of nitrogens with one attached hydrogen (secondary N) is 1. The van der Waals surface area contributed by atoms with Crippen LogP contribution in [-0.4, -0.2) is 35.6 Å². The summed E-state index contributed by atoms with van der Waals surface area (Å²) in [5, 5.41) is 3.94. The van der Waals surface area contributed by atoms with E-state index >= 15 is 0 Å². The van der Waals surface area contributed by atoms with Gasteiger partial charge in [-0.2, -0.15) is 0 Å². The van der Waals surface area contributed by atoms with Gasteiger partial charge in [0.15, 0.2) is 0 Å². The number of hydrogen-bond donors (Lipinski definition) is 1. The van der Waals surface area contributed by atoms with Crippen molar-refractivity contribution in [3.05, 3.63) is 0 Å². The molecule has 116 valence electrons. The molecule has 2 saturated carbocycles. The van der Waals surface area contributed by atoms with Gasteiger partial charge in [0.2, 0.25) is 0 Å². The van der Waals surface area contributed by atoms with E-state index in [-0.39, 0.29) is 0 Å². The van der Waals surface area contributed by atoms with E-state index in [2.05, 4.69) is 24.1 Å². The Bertz CT molecular complexity index is 301. The molecule has 0 amide bonds. The van der Waals surface area contributed by atoms with Gasteiger partial charge in [0.1, 0.15) is 0 Å². The first-order valence-electron chi connectivity index (χ1n) is 9.27. The molecular formula is C18H34N2. The third-order valence-electron chi connectivity index (χ3n) is 6.56. The minimum absolute atomic E-state index is 0.493. The van der Waals surface area contributed by atoms with Crippen molar-refractivity contribution in [1.29, 1.82) is 0 Å². The SMILES string of the molecule is CCC1CCC(N2CC3(CCCC3)NCC2CC)CC1. The van der Waals surface area contributed by atoms with Crippen molar-refractivity contribution in [2.75, 3.05) is 13.1 Å². The van der Waals surface area contributed by atoms with Gasteiger partial charge in [-0.05, 0) is 50.9 Å². The van der Waals surface area contributed by atoms with Crippen LogP contribution >= 0.6 is 0 Å². The van der Waals surface area contributed by atoms with Crippen LogP contribution in [-0.2, 0) is 0 Å². The van der Waals surface area contributed by atoms with E-state index in [1.54, 1.807) is 0 Å². The largest absolute Gasteiger partial charge is 0.308 e. The van der Waals surface area contributed by atoms with Gasteiger partial charge in [-0.1, -0.05) is 33.1 Å². The number of nitrogens with zero attached hydrogens (tertiary/aromatic N) is 1. The summed E-state index contributed by atoms with van der Waals surface area (Å²) in [6, 6.07) is 1.69. The second-order valence-electron chi connectivity index (χ2n) is 7.69. The van der Waals surface area contributed by atoms with Gasteiger partial charge < -0.3 is 5.32 Å². The van der Waals surface area contributed by atoms with E-state index in [1.165, 1.54) is 77.3 Å². The van der Waals surface area contributed by atoms with Gasteiger partial charge in [-0.3, -0.25) is 4.90 Å². The molecule has 1 heterocycles. The van der Waals surface area contributed by atoms with E-state index in [0.29, 0.717) is 5.54 Å². The Balaban J connectivity index is 1.65. The molecule has 3 rings (SSSR count). The Kier molecular flexibility index (Phi) is 4.72. The minimum Gasteiger partial charge on any atom is -0.308 e. The van der Waals surface area contributed by atoms with Crippen LogP contribution in [0.15, 0.2) is 0 Å². The van der Waals surface area contributed by atoms with E-state index in [1.807, 2.05) is 0 Å². The molecule has 1 aliphatic heterocycles. The summed E-state index contributed by atoms with van der Waals surface area (Å²) >= 11 is 0. The van der Waals surface area contributed by atoms with Gasteiger partial charge in [0.25, 0.3) is 0 Å². The molecule has 0 radical (unpaired) electrons. The monoisotopic (exact) mass is 278 g/mol. The second-order valence-corrected chi connectivity index (χ2v) is 7.69. The predicted molar refractivity (Wildman–Crippen MR) is 86.0 cm³/mol. The molecule has 1 N–H and O–H groups in total. The molecule has 20 heavy (non-hydrogen) atoms. The Labute approximate surface area is 125 Å². The predicted octanol–water partition coefficient (Wildman–Crippen LogP) is 3.95. The summed E-state index contributed by atoms with van der Waals surface area (Å²) in [4.78, 5) is 2.94. The van der Waals surface area contributed by atoms with E-state index < -0.39 is 0 Å². The molecule has 0 aromatic rings. The maximum Gasteiger partial charge on any atom is 0.0309 e. The zero-order valence-corrected chi connectivity index (χ0v) is 13.7. The van der Waals surface area contributed by atoms with Crippen LogP contribution in [0.4, 0.5) is 0 Å². The normalized spacial score (nSPS) is 38.4. The lowest BCUT2D eigenvalue weighted by Crippen LogP contribution is -2.65. The van der Waals surface area contributed by atoms with Crippen molar-refractivity contribution in [3.63, 3.8) is 0 Å². The average Bonchev–Trinajstić information content (AvgIpc) is 2.95. The van der Waals surface area contributed by atoms with Crippen molar-refractivity contribution in [2.24, 2.45) is 5.92 Å². The van der Waals surface area contributed by atoms with Gasteiger partial charge >= 0.3 is 0 Å². The molecule has 2 heteroatoms. The fraction of sp³-hybridized carbons (Fsp3) is 1.00. The lowest BCUT2D eigenvalue weighted by atomic mass is 9.81. The third kappa shape index (κ3) is 2.92. The zero-order chi connectivity index (χ0) is 14.0. The highest BCUT2D eigenvalue weighted by atomic mass is 15.3. The molecule has 1 atom stereocenters. The maximum absolute atomic E-state index is 3.94. The first-order valence-corrected chi connectivity index (χ1v) is 9.27. The molecular weight excluding hydrogens is 244 g/mol. The quantitative estimate of drug-likeness (QED) is 0.841. The number of hydrogen-bond acceptors (Lipinski definition) is 2. The van der Waals surface area contributed by atoms with Crippen LogP contribution in [0.2, 0.25) is 0 Å². The molecule has 0 bridgehead atoms. The summed E-state index contributed by atoms with van der Waals surface area (Å²) in [6.07, 6.45) is 14.3. The Morgan fingerprint density at radius 2 is 1.70 bits per heavy atom. The summed E-state index contributed by atoms with van der Waals surface area (Å²) in [7, 11) is 0. The van der Waals surface area contributed by atoms with Crippen LogP contribution in [0.1, 0.15) is 78.1 Å². The highest BCUT2D eigenvalue weighted by Gasteiger charge is 2.43. The molecule has 1 spiro atoms. The number of piperazine rings is 1. The summed E-state index contributed by atoms with van der Waals surface area (Å²) in [5.41, 5.74) is 0.493. The molecule has 1 unspecified atom stereocenters. The fourth-order valence-corrected chi connectivity index (χ4v) is 5.06.